The van der Waals surface area contributed by atoms with Gasteiger partial charge in [0.1, 0.15) is 5.60 Å². The van der Waals surface area contributed by atoms with Crippen LogP contribution in [0.1, 0.15) is 59.9 Å². The van der Waals surface area contributed by atoms with E-state index in [-0.39, 0.29) is 24.3 Å². The minimum absolute atomic E-state index is 0.0500. The van der Waals surface area contributed by atoms with Gasteiger partial charge in [-0.2, -0.15) is 0 Å². The van der Waals surface area contributed by atoms with Crippen molar-refractivity contribution in [1.82, 2.24) is 10.2 Å². The maximum Gasteiger partial charge on any atom is 0.273 e. The molecule has 2 aromatic rings. The number of ether oxygens (including phenoxy) is 1. The van der Waals surface area contributed by atoms with Gasteiger partial charge in [-0.15, -0.1) is 0 Å². The molecule has 1 aliphatic carbocycles. The second-order valence-corrected chi connectivity index (χ2v) is 9.22. The van der Waals surface area contributed by atoms with Crippen molar-refractivity contribution in [2.75, 3.05) is 6.54 Å². The van der Waals surface area contributed by atoms with Crippen LogP contribution in [0, 0.1) is 0 Å². The number of hydrogen-bond donors (Lipinski definition) is 0. The first kappa shape index (κ1) is 21.2. The van der Waals surface area contributed by atoms with Crippen molar-refractivity contribution in [2.24, 2.45) is 0 Å². The van der Waals surface area contributed by atoms with Crippen LogP contribution in [0.3, 0.4) is 0 Å². The molecule has 0 spiro atoms. The molecule has 6 heteroatoms. The normalized spacial score (nSPS) is 18.0. The average Bonchev–Trinajstić information content (AvgIpc) is 3.46. The first-order valence-electron chi connectivity index (χ1n) is 10.6. The Kier molecular flexibility index (Phi) is 5.43. The number of fused-ring (bicyclic) bond motifs is 1. The number of amides is 3. The Hall–Kier alpha value is -2.99. The predicted molar refractivity (Wildman–Crippen MR) is 116 cm³/mol. The number of imide groups is 1. The maximum atomic E-state index is 13.0. The smallest absolute Gasteiger partial charge is 0.273 e. The van der Waals surface area contributed by atoms with Crippen LogP contribution in [0.2, 0.25) is 0 Å². The number of nitrogens with zero attached hydrogens (tertiary/aromatic N) is 2. The highest BCUT2D eigenvalue weighted by atomic mass is 16.5. The van der Waals surface area contributed by atoms with Crippen LogP contribution in [-0.4, -0.2) is 46.4 Å². The molecule has 1 fully saturated rings. The van der Waals surface area contributed by atoms with Gasteiger partial charge in [-0.05, 0) is 57.7 Å². The average molecular weight is 420 g/mol. The van der Waals surface area contributed by atoms with Gasteiger partial charge in [-0.1, -0.05) is 42.5 Å². The predicted octanol–water partition coefficient (Wildman–Crippen LogP) is 3.37. The molecular weight excluding hydrogens is 392 g/mol. The van der Waals surface area contributed by atoms with Gasteiger partial charge in [0.15, 0.2) is 0 Å². The molecule has 4 rings (SSSR count). The zero-order valence-corrected chi connectivity index (χ0v) is 18.1. The highest BCUT2D eigenvalue weighted by Gasteiger charge is 2.54. The lowest BCUT2D eigenvalue weighted by molar-refractivity contribution is -0.148. The van der Waals surface area contributed by atoms with E-state index in [4.69, 9.17) is 4.74 Å². The lowest BCUT2D eigenvalue weighted by atomic mass is 10.0. The lowest BCUT2D eigenvalue weighted by Crippen LogP contribution is -2.48. The summed E-state index contributed by atoms with van der Waals surface area (Å²) >= 11 is 0. The SMILES string of the molecule is CC(C)(C)OC1(C(=O)[N]CC(Cc2ccccc2)N2C(=O)c3ccccc3C2=O)CC1. The number of carbonyl (C=O) groups is 3. The number of carbonyl (C=O) groups excluding carboxylic acids is 3. The van der Waals surface area contributed by atoms with E-state index < -0.39 is 17.2 Å². The molecule has 1 heterocycles. The molecule has 3 amide bonds. The van der Waals surface area contributed by atoms with E-state index in [0.717, 1.165) is 5.56 Å². The van der Waals surface area contributed by atoms with E-state index in [9.17, 15) is 14.4 Å². The third kappa shape index (κ3) is 4.39. The second-order valence-electron chi connectivity index (χ2n) is 9.22. The topological polar surface area (TPSA) is 77.8 Å². The van der Waals surface area contributed by atoms with Crippen molar-refractivity contribution in [1.29, 1.82) is 0 Å². The highest BCUT2D eigenvalue weighted by molar-refractivity contribution is 6.21. The molecule has 161 valence electrons. The standard InChI is InChI=1S/C25H27N2O4/c1-24(2,3)31-25(13-14-25)23(30)26-16-18(15-17-9-5-4-6-10-17)27-21(28)19-11-7-8-12-20(19)22(27)29/h4-12,18H,13-16H2,1-3H3. The van der Waals surface area contributed by atoms with Gasteiger partial charge in [0.2, 0.25) is 0 Å². The molecule has 2 aromatic carbocycles. The maximum absolute atomic E-state index is 13.0. The van der Waals surface area contributed by atoms with Gasteiger partial charge in [0.25, 0.3) is 17.7 Å². The lowest BCUT2D eigenvalue weighted by Gasteiger charge is -2.28. The van der Waals surface area contributed by atoms with Gasteiger partial charge in [0, 0.05) is 0 Å². The molecule has 31 heavy (non-hydrogen) atoms. The fraction of sp³-hybridized carbons (Fsp3) is 0.400. The Morgan fingerprint density at radius 1 is 1.00 bits per heavy atom. The summed E-state index contributed by atoms with van der Waals surface area (Å²) in [6.07, 6.45) is 1.71. The van der Waals surface area contributed by atoms with E-state index >= 15 is 0 Å². The van der Waals surface area contributed by atoms with Gasteiger partial charge in [-0.3, -0.25) is 19.3 Å². The largest absolute Gasteiger partial charge is 0.359 e. The van der Waals surface area contributed by atoms with Crippen LogP contribution >= 0.6 is 0 Å². The van der Waals surface area contributed by atoms with Gasteiger partial charge in [0.05, 0.1) is 29.3 Å². The molecule has 2 aliphatic rings. The summed E-state index contributed by atoms with van der Waals surface area (Å²) in [6, 6.07) is 15.9. The zero-order valence-electron chi connectivity index (χ0n) is 18.1. The fourth-order valence-corrected chi connectivity index (χ4v) is 4.05. The first-order chi connectivity index (χ1) is 14.7. The molecule has 1 atom stereocenters. The summed E-state index contributed by atoms with van der Waals surface area (Å²) in [5, 5.41) is 4.31. The van der Waals surface area contributed by atoms with Crippen molar-refractivity contribution in [2.45, 2.75) is 57.3 Å². The van der Waals surface area contributed by atoms with Crippen LogP contribution in [-0.2, 0) is 16.0 Å². The Bertz CT molecular complexity index is 971. The van der Waals surface area contributed by atoms with Crippen molar-refractivity contribution < 1.29 is 19.1 Å². The molecular formula is C25H27N2O4. The van der Waals surface area contributed by atoms with Crippen LogP contribution in [0.25, 0.3) is 0 Å². The Labute approximate surface area is 182 Å². The third-order valence-corrected chi connectivity index (χ3v) is 5.55. The van der Waals surface area contributed by atoms with Gasteiger partial charge >= 0.3 is 0 Å². The number of hydrogen-bond acceptors (Lipinski definition) is 4. The van der Waals surface area contributed by atoms with Crippen LogP contribution in [0.15, 0.2) is 54.6 Å². The van der Waals surface area contributed by atoms with Crippen molar-refractivity contribution in [3.8, 4) is 0 Å². The molecule has 1 aliphatic heterocycles. The molecule has 0 bridgehead atoms. The fourth-order valence-electron chi connectivity index (χ4n) is 4.05. The summed E-state index contributed by atoms with van der Waals surface area (Å²) in [5.74, 6) is -0.982. The molecule has 0 saturated heterocycles. The molecule has 1 radical (unpaired) electrons. The molecule has 1 unspecified atom stereocenters. The van der Waals surface area contributed by atoms with E-state index in [1.807, 2.05) is 51.1 Å². The van der Waals surface area contributed by atoms with E-state index in [1.165, 1.54) is 4.90 Å². The summed E-state index contributed by atoms with van der Waals surface area (Å²) in [5.41, 5.74) is 0.447. The quantitative estimate of drug-likeness (QED) is 0.645. The molecule has 0 N–H and O–H groups in total. The molecule has 1 saturated carbocycles. The third-order valence-electron chi connectivity index (χ3n) is 5.55. The zero-order chi connectivity index (χ0) is 22.2. The highest BCUT2D eigenvalue weighted by Crippen LogP contribution is 2.43. The second kappa shape index (κ2) is 7.93. The van der Waals surface area contributed by atoms with Crippen molar-refractivity contribution in [3.05, 3.63) is 71.3 Å². The van der Waals surface area contributed by atoms with Crippen LogP contribution in [0.4, 0.5) is 0 Å². The number of benzene rings is 2. The minimum Gasteiger partial charge on any atom is -0.359 e. The van der Waals surface area contributed by atoms with Gasteiger partial charge < -0.3 is 4.74 Å². The first-order valence-corrected chi connectivity index (χ1v) is 10.6. The van der Waals surface area contributed by atoms with Gasteiger partial charge in [-0.25, -0.2) is 5.32 Å². The van der Waals surface area contributed by atoms with Crippen molar-refractivity contribution >= 4 is 17.7 Å². The minimum atomic E-state index is -0.864. The molecule has 0 aromatic heterocycles. The number of rotatable bonds is 7. The summed E-state index contributed by atoms with van der Waals surface area (Å²) in [4.78, 5) is 40.2. The van der Waals surface area contributed by atoms with Crippen LogP contribution in [0.5, 0.6) is 0 Å². The Balaban J connectivity index is 1.54. The Morgan fingerprint density at radius 2 is 1.55 bits per heavy atom. The van der Waals surface area contributed by atoms with Crippen LogP contribution < -0.4 is 5.32 Å². The Morgan fingerprint density at radius 3 is 2.06 bits per heavy atom. The van der Waals surface area contributed by atoms with E-state index in [2.05, 4.69) is 5.32 Å². The summed E-state index contributed by atoms with van der Waals surface area (Å²) in [7, 11) is 0. The van der Waals surface area contributed by atoms with E-state index in [1.54, 1.807) is 24.3 Å². The molecule has 6 nitrogen and oxygen atoms in total. The summed E-state index contributed by atoms with van der Waals surface area (Å²) < 4.78 is 5.98. The van der Waals surface area contributed by atoms with E-state index in [0.29, 0.717) is 30.4 Å². The summed E-state index contributed by atoms with van der Waals surface area (Å²) in [6.45, 7) is 5.79. The monoisotopic (exact) mass is 419 g/mol. The van der Waals surface area contributed by atoms with Crippen molar-refractivity contribution in [3.63, 3.8) is 0 Å².